The number of hydrogen-bond donors (Lipinski definition) is 1. The van der Waals surface area contributed by atoms with Crippen molar-refractivity contribution in [3.8, 4) is 0 Å². The summed E-state index contributed by atoms with van der Waals surface area (Å²) in [6.45, 7) is 5.15. The van der Waals surface area contributed by atoms with Gasteiger partial charge in [-0.2, -0.15) is 0 Å². The average molecular weight is 254 g/mol. The number of halogens is 1. The highest BCUT2D eigenvalue weighted by Crippen LogP contribution is 2.14. The minimum atomic E-state index is -1.21. The van der Waals surface area contributed by atoms with Gasteiger partial charge in [0.15, 0.2) is 0 Å². The van der Waals surface area contributed by atoms with E-state index in [0.717, 1.165) is 6.07 Å². The van der Waals surface area contributed by atoms with Gasteiger partial charge in [0.1, 0.15) is 11.4 Å². The standard InChI is InChI=1S/C13H15FO4/c1-13(2,3)18-11(15)7-8-4-5-9(12(16)17)6-10(8)14/h4-6H,7H2,1-3H3,(H,16,17). The molecular formula is C13H15FO4. The van der Waals surface area contributed by atoms with Crippen LogP contribution in [0.4, 0.5) is 4.39 Å². The SMILES string of the molecule is CC(C)(C)OC(=O)Cc1ccc(C(=O)O)cc1F. The summed E-state index contributed by atoms with van der Waals surface area (Å²) in [6.07, 6.45) is -0.219. The summed E-state index contributed by atoms with van der Waals surface area (Å²) in [5.41, 5.74) is -0.663. The molecule has 0 aliphatic carbocycles. The van der Waals surface area contributed by atoms with Crippen molar-refractivity contribution in [2.45, 2.75) is 32.8 Å². The Kier molecular flexibility index (Phi) is 4.06. The molecule has 0 saturated carbocycles. The van der Waals surface area contributed by atoms with Crippen molar-refractivity contribution >= 4 is 11.9 Å². The van der Waals surface area contributed by atoms with E-state index in [1.54, 1.807) is 20.8 Å². The number of carbonyl (C=O) groups excluding carboxylic acids is 1. The maximum Gasteiger partial charge on any atom is 0.335 e. The van der Waals surface area contributed by atoms with E-state index >= 15 is 0 Å². The number of benzene rings is 1. The largest absolute Gasteiger partial charge is 0.478 e. The van der Waals surface area contributed by atoms with E-state index in [0.29, 0.717) is 0 Å². The second-order valence-electron chi connectivity index (χ2n) is 4.87. The summed E-state index contributed by atoms with van der Waals surface area (Å²) < 4.78 is 18.6. The van der Waals surface area contributed by atoms with Crippen LogP contribution in [-0.4, -0.2) is 22.6 Å². The van der Waals surface area contributed by atoms with Crippen molar-refractivity contribution in [2.75, 3.05) is 0 Å². The molecule has 1 aromatic rings. The first kappa shape index (κ1) is 14.2. The topological polar surface area (TPSA) is 63.6 Å². The highest BCUT2D eigenvalue weighted by atomic mass is 19.1. The summed E-state index contributed by atoms with van der Waals surface area (Å²) in [5, 5.41) is 8.68. The van der Waals surface area contributed by atoms with Crippen molar-refractivity contribution in [1.29, 1.82) is 0 Å². The molecular weight excluding hydrogens is 239 g/mol. The molecule has 1 aromatic carbocycles. The molecule has 0 unspecified atom stereocenters. The van der Waals surface area contributed by atoms with Crippen LogP contribution in [0.2, 0.25) is 0 Å². The first-order valence-electron chi connectivity index (χ1n) is 5.42. The van der Waals surface area contributed by atoms with Gasteiger partial charge in [0.05, 0.1) is 12.0 Å². The van der Waals surface area contributed by atoms with E-state index in [9.17, 15) is 14.0 Å². The molecule has 0 aliphatic rings. The Balaban J connectivity index is 2.80. The minimum Gasteiger partial charge on any atom is -0.478 e. The van der Waals surface area contributed by atoms with E-state index in [1.807, 2.05) is 0 Å². The van der Waals surface area contributed by atoms with Crippen LogP contribution in [0.25, 0.3) is 0 Å². The molecule has 18 heavy (non-hydrogen) atoms. The summed E-state index contributed by atoms with van der Waals surface area (Å²) >= 11 is 0. The zero-order chi connectivity index (χ0) is 13.9. The number of ether oxygens (including phenoxy) is 1. The monoisotopic (exact) mass is 254 g/mol. The van der Waals surface area contributed by atoms with Crippen LogP contribution < -0.4 is 0 Å². The lowest BCUT2D eigenvalue weighted by atomic mass is 10.1. The van der Waals surface area contributed by atoms with Crippen LogP contribution in [-0.2, 0) is 16.0 Å². The molecule has 98 valence electrons. The number of carboxylic acid groups (broad SMARTS) is 1. The zero-order valence-electron chi connectivity index (χ0n) is 10.5. The summed E-state index contributed by atoms with van der Waals surface area (Å²) in [4.78, 5) is 22.1. The normalized spacial score (nSPS) is 11.1. The van der Waals surface area contributed by atoms with Gasteiger partial charge in [-0.05, 0) is 38.5 Å². The minimum absolute atomic E-state index is 0.120. The highest BCUT2D eigenvalue weighted by Gasteiger charge is 2.18. The summed E-state index contributed by atoms with van der Waals surface area (Å²) in [7, 11) is 0. The van der Waals surface area contributed by atoms with Crippen LogP contribution >= 0.6 is 0 Å². The molecule has 0 radical (unpaired) electrons. The van der Waals surface area contributed by atoms with Gasteiger partial charge in [0.25, 0.3) is 0 Å². The second-order valence-corrected chi connectivity index (χ2v) is 4.87. The molecule has 0 bridgehead atoms. The van der Waals surface area contributed by atoms with Crippen molar-refractivity contribution < 1.29 is 23.8 Å². The Morgan fingerprint density at radius 1 is 1.33 bits per heavy atom. The van der Waals surface area contributed by atoms with Gasteiger partial charge in [-0.3, -0.25) is 4.79 Å². The molecule has 0 atom stereocenters. The third-order valence-electron chi connectivity index (χ3n) is 2.05. The summed E-state index contributed by atoms with van der Waals surface area (Å²) in [6, 6.07) is 3.43. The van der Waals surface area contributed by atoms with Gasteiger partial charge in [-0.1, -0.05) is 6.07 Å². The van der Waals surface area contributed by atoms with Crippen LogP contribution in [0, 0.1) is 5.82 Å². The van der Waals surface area contributed by atoms with Gasteiger partial charge >= 0.3 is 11.9 Å². The lowest BCUT2D eigenvalue weighted by Gasteiger charge is -2.19. The van der Waals surface area contributed by atoms with E-state index in [-0.39, 0.29) is 17.5 Å². The fourth-order valence-electron chi connectivity index (χ4n) is 1.36. The van der Waals surface area contributed by atoms with Crippen molar-refractivity contribution in [1.82, 2.24) is 0 Å². The van der Waals surface area contributed by atoms with Gasteiger partial charge < -0.3 is 9.84 Å². The molecule has 0 aromatic heterocycles. The predicted molar refractivity (Wildman–Crippen MR) is 62.9 cm³/mol. The smallest absolute Gasteiger partial charge is 0.335 e. The van der Waals surface area contributed by atoms with E-state index < -0.39 is 23.4 Å². The highest BCUT2D eigenvalue weighted by molar-refractivity contribution is 5.87. The Morgan fingerprint density at radius 2 is 1.94 bits per heavy atom. The Bertz CT molecular complexity index is 474. The molecule has 0 fully saturated rings. The zero-order valence-corrected chi connectivity index (χ0v) is 10.5. The third kappa shape index (κ3) is 4.16. The molecule has 0 aliphatic heterocycles. The maximum absolute atomic E-state index is 13.5. The second kappa shape index (κ2) is 5.16. The maximum atomic E-state index is 13.5. The fraction of sp³-hybridized carbons (Fsp3) is 0.385. The molecule has 0 saturated heterocycles. The molecule has 0 heterocycles. The van der Waals surface area contributed by atoms with E-state index in [2.05, 4.69) is 0 Å². The lowest BCUT2D eigenvalue weighted by Crippen LogP contribution is -2.25. The van der Waals surface area contributed by atoms with Gasteiger partial charge in [-0.15, -0.1) is 0 Å². The molecule has 0 amide bonds. The first-order valence-corrected chi connectivity index (χ1v) is 5.42. The molecule has 0 spiro atoms. The number of carboxylic acids is 1. The summed E-state index contributed by atoms with van der Waals surface area (Å²) in [5.74, 6) is -2.48. The molecule has 1 rings (SSSR count). The van der Waals surface area contributed by atoms with Crippen molar-refractivity contribution in [3.05, 3.63) is 35.1 Å². The quantitative estimate of drug-likeness (QED) is 0.841. The molecule has 5 heteroatoms. The fourth-order valence-corrected chi connectivity index (χ4v) is 1.36. The van der Waals surface area contributed by atoms with Crippen LogP contribution in [0.3, 0.4) is 0 Å². The lowest BCUT2D eigenvalue weighted by molar-refractivity contribution is -0.153. The predicted octanol–water partition coefficient (Wildman–Crippen LogP) is 2.41. The van der Waals surface area contributed by atoms with Gasteiger partial charge in [0, 0.05) is 0 Å². The Morgan fingerprint density at radius 3 is 2.39 bits per heavy atom. The Labute approximate surface area is 104 Å². The van der Waals surface area contributed by atoms with E-state index in [4.69, 9.17) is 9.84 Å². The van der Waals surface area contributed by atoms with Gasteiger partial charge in [0.2, 0.25) is 0 Å². The van der Waals surface area contributed by atoms with Crippen LogP contribution in [0.5, 0.6) is 0 Å². The number of hydrogen-bond acceptors (Lipinski definition) is 3. The number of carbonyl (C=O) groups is 2. The van der Waals surface area contributed by atoms with E-state index in [1.165, 1.54) is 12.1 Å². The third-order valence-corrected chi connectivity index (χ3v) is 2.05. The average Bonchev–Trinajstić information content (AvgIpc) is 2.17. The molecule has 1 N–H and O–H groups in total. The van der Waals surface area contributed by atoms with Crippen LogP contribution in [0.15, 0.2) is 18.2 Å². The number of aromatic carboxylic acids is 1. The molecule has 4 nitrogen and oxygen atoms in total. The van der Waals surface area contributed by atoms with Gasteiger partial charge in [-0.25, -0.2) is 9.18 Å². The van der Waals surface area contributed by atoms with Crippen molar-refractivity contribution in [3.63, 3.8) is 0 Å². The van der Waals surface area contributed by atoms with Crippen LogP contribution in [0.1, 0.15) is 36.7 Å². The number of rotatable bonds is 3. The van der Waals surface area contributed by atoms with Crippen molar-refractivity contribution in [2.24, 2.45) is 0 Å². The Hall–Kier alpha value is -1.91. The number of esters is 1. The first-order chi connectivity index (χ1) is 8.19.